The number of rotatable bonds is 5. The van der Waals surface area contributed by atoms with Crippen molar-refractivity contribution in [1.29, 1.82) is 0 Å². The summed E-state index contributed by atoms with van der Waals surface area (Å²) >= 11 is 0. The van der Waals surface area contributed by atoms with Gasteiger partial charge in [-0.3, -0.25) is 4.79 Å². The molecule has 1 unspecified atom stereocenters. The molecule has 1 aromatic heterocycles. The molecular weight excluding hydrogens is 313 g/mol. The van der Waals surface area contributed by atoms with E-state index in [1.165, 1.54) is 6.07 Å². The molecular formula is C17H20FN3O3. The van der Waals surface area contributed by atoms with Crippen molar-refractivity contribution in [2.75, 3.05) is 26.3 Å². The molecule has 2 aromatic rings. The van der Waals surface area contributed by atoms with E-state index in [2.05, 4.69) is 9.97 Å². The van der Waals surface area contributed by atoms with Crippen molar-refractivity contribution in [1.82, 2.24) is 14.9 Å². The van der Waals surface area contributed by atoms with Crippen molar-refractivity contribution >= 4 is 5.91 Å². The SMILES string of the molecule is Cc1cnc(C2CN(C(=O)CCOc3ccccc3F)CCO2)[nH]1. The third-order valence-electron chi connectivity index (χ3n) is 3.86. The highest BCUT2D eigenvalue weighted by molar-refractivity contribution is 5.76. The van der Waals surface area contributed by atoms with E-state index in [0.717, 1.165) is 11.5 Å². The van der Waals surface area contributed by atoms with Crippen LogP contribution in [-0.2, 0) is 9.53 Å². The Bertz CT molecular complexity index is 704. The average molecular weight is 333 g/mol. The summed E-state index contributed by atoms with van der Waals surface area (Å²) in [6, 6.07) is 6.16. The fourth-order valence-corrected chi connectivity index (χ4v) is 2.61. The molecule has 1 aliphatic rings. The van der Waals surface area contributed by atoms with E-state index in [4.69, 9.17) is 9.47 Å². The Labute approximate surface area is 139 Å². The molecule has 0 aliphatic carbocycles. The molecule has 1 N–H and O–H groups in total. The van der Waals surface area contributed by atoms with E-state index in [9.17, 15) is 9.18 Å². The minimum Gasteiger partial charge on any atom is -0.490 e. The van der Waals surface area contributed by atoms with Crippen LogP contribution in [0.5, 0.6) is 5.75 Å². The maximum absolute atomic E-state index is 13.5. The van der Waals surface area contributed by atoms with Crippen LogP contribution in [0.4, 0.5) is 4.39 Å². The largest absolute Gasteiger partial charge is 0.490 e. The smallest absolute Gasteiger partial charge is 0.226 e. The van der Waals surface area contributed by atoms with Crippen molar-refractivity contribution < 1.29 is 18.7 Å². The van der Waals surface area contributed by atoms with E-state index < -0.39 is 5.82 Å². The lowest BCUT2D eigenvalue weighted by Gasteiger charge is -2.32. The molecule has 0 spiro atoms. The van der Waals surface area contributed by atoms with Crippen molar-refractivity contribution in [3.8, 4) is 5.75 Å². The monoisotopic (exact) mass is 333 g/mol. The first-order valence-electron chi connectivity index (χ1n) is 7.91. The number of carbonyl (C=O) groups excluding carboxylic acids is 1. The molecule has 1 aromatic carbocycles. The quantitative estimate of drug-likeness (QED) is 0.911. The first-order valence-corrected chi connectivity index (χ1v) is 7.91. The summed E-state index contributed by atoms with van der Waals surface area (Å²) in [7, 11) is 0. The van der Waals surface area contributed by atoms with Gasteiger partial charge < -0.3 is 19.4 Å². The summed E-state index contributed by atoms with van der Waals surface area (Å²) in [5.41, 5.74) is 0.954. The third-order valence-corrected chi connectivity index (χ3v) is 3.86. The Morgan fingerprint density at radius 2 is 2.33 bits per heavy atom. The van der Waals surface area contributed by atoms with Crippen LogP contribution in [0.2, 0.25) is 0 Å². The van der Waals surface area contributed by atoms with E-state index in [-0.39, 0.29) is 30.8 Å². The molecule has 1 fully saturated rings. The second kappa shape index (κ2) is 7.44. The van der Waals surface area contributed by atoms with Crippen molar-refractivity contribution in [2.45, 2.75) is 19.4 Å². The van der Waals surface area contributed by atoms with Gasteiger partial charge in [0.2, 0.25) is 5.91 Å². The van der Waals surface area contributed by atoms with Gasteiger partial charge in [0.25, 0.3) is 0 Å². The van der Waals surface area contributed by atoms with Gasteiger partial charge in [-0.15, -0.1) is 0 Å². The van der Waals surface area contributed by atoms with E-state index in [0.29, 0.717) is 19.7 Å². The van der Waals surface area contributed by atoms with Crippen LogP contribution in [0.25, 0.3) is 0 Å². The van der Waals surface area contributed by atoms with Crippen LogP contribution in [0.1, 0.15) is 24.0 Å². The van der Waals surface area contributed by atoms with Crippen molar-refractivity contribution in [3.63, 3.8) is 0 Å². The van der Waals surface area contributed by atoms with Gasteiger partial charge in [0.05, 0.1) is 26.2 Å². The molecule has 6 nitrogen and oxygen atoms in total. The van der Waals surface area contributed by atoms with Crippen molar-refractivity contribution in [2.24, 2.45) is 0 Å². The van der Waals surface area contributed by atoms with Gasteiger partial charge in [-0.25, -0.2) is 9.37 Å². The molecule has 1 aliphatic heterocycles. The Kier molecular flexibility index (Phi) is 5.10. The lowest BCUT2D eigenvalue weighted by Crippen LogP contribution is -2.42. The number of H-pyrrole nitrogens is 1. The van der Waals surface area contributed by atoms with Crippen LogP contribution >= 0.6 is 0 Å². The van der Waals surface area contributed by atoms with E-state index >= 15 is 0 Å². The number of aryl methyl sites for hydroxylation is 1. The zero-order chi connectivity index (χ0) is 16.9. The number of carbonyl (C=O) groups is 1. The fourth-order valence-electron chi connectivity index (χ4n) is 2.61. The average Bonchev–Trinajstić information content (AvgIpc) is 3.03. The third kappa shape index (κ3) is 3.91. The molecule has 0 bridgehead atoms. The number of nitrogens with one attached hydrogen (secondary N) is 1. The number of hydrogen-bond donors (Lipinski definition) is 1. The van der Waals surface area contributed by atoms with Crippen LogP contribution in [-0.4, -0.2) is 47.1 Å². The zero-order valence-electron chi connectivity index (χ0n) is 13.5. The fraction of sp³-hybridized carbons (Fsp3) is 0.412. The topological polar surface area (TPSA) is 67.5 Å². The van der Waals surface area contributed by atoms with Gasteiger partial charge in [-0.2, -0.15) is 0 Å². The molecule has 0 saturated carbocycles. The summed E-state index contributed by atoms with van der Waals surface area (Å²) in [5.74, 6) is 0.427. The lowest BCUT2D eigenvalue weighted by atomic mass is 10.2. The number of imidazole rings is 1. The van der Waals surface area contributed by atoms with Crippen LogP contribution in [0, 0.1) is 12.7 Å². The van der Waals surface area contributed by atoms with Gasteiger partial charge in [0.1, 0.15) is 11.9 Å². The molecule has 0 radical (unpaired) electrons. The number of ether oxygens (including phenoxy) is 2. The number of halogens is 1. The minimum atomic E-state index is -0.426. The number of aromatic amines is 1. The number of para-hydroxylation sites is 1. The lowest BCUT2D eigenvalue weighted by molar-refractivity contribution is -0.139. The minimum absolute atomic E-state index is 0.0390. The molecule has 1 amide bonds. The number of benzene rings is 1. The van der Waals surface area contributed by atoms with E-state index in [1.807, 2.05) is 6.92 Å². The molecule has 128 valence electrons. The second-order valence-electron chi connectivity index (χ2n) is 5.68. The Morgan fingerprint density at radius 1 is 1.50 bits per heavy atom. The van der Waals surface area contributed by atoms with Gasteiger partial charge in [-0.05, 0) is 19.1 Å². The maximum atomic E-state index is 13.5. The standard InChI is InChI=1S/C17H20FN3O3/c1-12-10-19-17(20-12)15-11-21(7-9-24-15)16(22)6-8-23-14-5-3-2-4-13(14)18/h2-5,10,15H,6-9,11H2,1H3,(H,19,20). The molecule has 2 heterocycles. The van der Waals surface area contributed by atoms with Crippen LogP contribution < -0.4 is 4.74 Å². The number of hydrogen-bond acceptors (Lipinski definition) is 4. The first kappa shape index (κ1) is 16.4. The summed E-state index contributed by atoms with van der Waals surface area (Å²) in [5, 5.41) is 0. The molecule has 24 heavy (non-hydrogen) atoms. The zero-order valence-corrected chi connectivity index (χ0v) is 13.5. The predicted molar refractivity (Wildman–Crippen MR) is 85.1 cm³/mol. The van der Waals surface area contributed by atoms with Gasteiger partial charge >= 0.3 is 0 Å². The number of morpholine rings is 1. The van der Waals surface area contributed by atoms with Gasteiger partial charge in [-0.1, -0.05) is 12.1 Å². The highest BCUT2D eigenvalue weighted by Crippen LogP contribution is 2.20. The number of amides is 1. The van der Waals surface area contributed by atoms with E-state index in [1.54, 1.807) is 29.3 Å². The van der Waals surface area contributed by atoms with Crippen molar-refractivity contribution in [3.05, 3.63) is 47.8 Å². The van der Waals surface area contributed by atoms with Gasteiger partial charge in [0.15, 0.2) is 11.6 Å². The normalized spacial score (nSPS) is 17.8. The Hall–Kier alpha value is -2.41. The first-order chi connectivity index (χ1) is 11.6. The predicted octanol–water partition coefficient (Wildman–Crippen LogP) is 2.23. The Morgan fingerprint density at radius 3 is 3.08 bits per heavy atom. The maximum Gasteiger partial charge on any atom is 0.226 e. The number of aromatic nitrogens is 2. The second-order valence-corrected chi connectivity index (χ2v) is 5.68. The summed E-state index contributed by atoms with van der Waals surface area (Å²) in [6.45, 7) is 3.51. The Balaban J connectivity index is 1.50. The van der Waals surface area contributed by atoms with Crippen LogP contribution in [0.3, 0.4) is 0 Å². The highest BCUT2D eigenvalue weighted by Gasteiger charge is 2.26. The van der Waals surface area contributed by atoms with Gasteiger partial charge in [0, 0.05) is 18.4 Å². The van der Waals surface area contributed by atoms with Crippen LogP contribution in [0.15, 0.2) is 30.5 Å². The molecule has 1 atom stereocenters. The molecule has 3 rings (SSSR count). The number of nitrogens with zero attached hydrogens (tertiary/aromatic N) is 2. The summed E-state index contributed by atoms with van der Waals surface area (Å²) in [6.07, 6.45) is 1.68. The summed E-state index contributed by atoms with van der Waals surface area (Å²) in [4.78, 5) is 21.4. The molecule has 7 heteroatoms. The highest BCUT2D eigenvalue weighted by atomic mass is 19.1. The molecule has 1 saturated heterocycles. The summed E-state index contributed by atoms with van der Waals surface area (Å²) < 4.78 is 24.5.